The molecule has 0 fully saturated rings. The van der Waals surface area contributed by atoms with Crippen LogP contribution in [0.3, 0.4) is 0 Å². The molecule has 3 aromatic carbocycles. The highest BCUT2D eigenvalue weighted by atomic mass is 16.5. The summed E-state index contributed by atoms with van der Waals surface area (Å²) in [6.45, 7) is 0. The maximum absolute atomic E-state index is 5.55. The van der Waals surface area contributed by atoms with E-state index in [1.165, 1.54) is 27.6 Å². The summed E-state index contributed by atoms with van der Waals surface area (Å²) >= 11 is 0. The van der Waals surface area contributed by atoms with Crippen LogP contribution < -0.4 is 14.8 Å². The van der Waals surface area contributed by atoms with Crippen LogP contribution in [-0.4, -0.2) is 14.2 Å². The number of methoxy groups -OCH3 is 2. The summed E-state index contributed by atoms with van der Waals surface area (Å²) in [5.41, 5.74) is 3.91. The number of nitrogens with one attached hydrogen (secondary N) is 1. The molecule has 0 radical (unpaired) electrons. The van der Waals surface area contributed by atoms with E-state index in [4.69, 9.17) is 9.47 Å². The van der Waals surface area contributed by atoms with Crippen LogP contribution in [0.15, 0.2) is 66.7 Å². The van der Waals surface area contributed by atoms with Crippen molar-refractivity contribution >= 4 is 16.5 Å². The molecule has 136 valence electrons. The summed E-state index contributed by atoms with van der Waals surface area (Å²) in [6.07, 6.45) is 5.80. The zero-order valence-electron chi connectivity index (χ0n) is 15.6. The molecule has 3 atom stereocenters. The van der Waals surface area contributed by atoms with Crippen LogP contribution in [0.25, 0.3) is 10.8 Å². The van der Waals surface area contributed by atoms with Gasteiger partial charge in [-0.15, -0.1) is 0 Å². The van der Waals surface area contributed by atoms with Gasteiger partial charge in [-0.3, -0.25) is 0 Å². The Morgan fingerprint density at radius 2 is 1.78 bits per heavy atom. The minimum atomic E-state index is 0.239. The van der Waals surface area contributed by atoms with E-state index in [-0.39, 0.29) is 6.04 Å². The fourth-order valence-corrected chi connectivity index (χ4v) is 4.72. The normalized spacial score (nSPS) is 22.8. The third kappa shape index (κ3) is 2.49. The number of anilines is 1. The monoisotopic (exact) mass is 357 g/mol. The Balaban J connectivity index is 1.65. The van der Waals surface area contributed by atoms with E-state index >= 15 is 0 Å². The first-order valence-corrected chi connectivity index (χ1v) is 9.47. The van der Waals surface area contributed by atoms with Gasteiger partial charge in [0.05, 0.1) is 20.3 Å². The van der Waals surface area contributed by atoms with Gasteiger partial charge in [0.2, 0.25) is 0 Å². The summed E-state index contributed by atoms with van der Waals surface area (Å²) in [5.74, 6) is 2.51. The van der Waals surface area contributed by atoms with Crippen molar-refractivity contribution in [3.63, 3.8) is 0 Å². The molecule has 1 aliphatic carbocycles. The number of hydrogen-bond acceptors (Lipinski definition) is 3. The lowest BCUT2D eigenvalue weighted by molar-refractivity contribution is 0.353. The third-order valence-electron chi connectivity index (χ3n) is 6.03. The first kappa shape index (κ1) is 16.2. The molecule has 3 heteroatoms. The predicted octanol–water partition coefficient (Wildman–Crippen LogP) is 5.68. The summed E-state index contributed by atoms with van der Waals surface area (Å²) in [7, 11) is 3.37. The fourth-order valence-electron chi connectivity index (χ4n) is 4.72. The number of rotatable bonds is 3. The van der Waals surface area contributed by atoms with Crippen LogP contribution in [0, 0.1) is 5.92 Å². The van der Waals surface area contributed by atoms with Gasteiger partial charge in [0.25, 0.3) is 0 Å². The second-order valence-electron chi connectivity index (χ2n) is 7.34. The van der Waals surface area contributed by atoms with Crippen LogP contribution in [0.1, 0.15) is 29.5 Å². The number of fused-ring (bicyclic) bond motifs is 5. The molecule has 3 aromatic rings. The molecule has 3 nitrogen and oxygen atoms in total. The van der Waals surface area contributed by atoms with Crippen molar-refractivity contribution < 1.29 is 9.47 Å². The van der Waals surface area contributed by atoms with Gasteiger partial charge in [0, 0.05) is 17.0 Å². The van der Waals surface area contributed by atoms with Crippen molar-refractivity contribution in [1.29, 1.82) is 0 Å². The maximum atomic E-state index is 5.55. The second-order valence-corrected chi connectivity index (χ2v) is 7.34. The van der Waals surface area contributed by atoms with Gasteiger partial charge in [-0.05, 0) is 41.0 Å². The van der Waals surface area contributed by atoms with Crippen molar-refractivity contribution in [1.82, 2.24) is 0 Å². The lowest BCUT2D eigenvalue weighted by Crippen LogP contribution is -2.29. The molecule has 0 spiro atoms. The van der Waals surface area contributed by atoms with Gasteiger partial charge in [0.1, 0.15) is 0 Å². The number of allylic oxidation sites excluding steroid dienone is 2. The van der Waals surface area contributed by atoms with Gasteiger partial charge in [0.15, 0.2) is 11.5 Å². The quantitative estimate of drug-likeness (QED) is 0.611. The van der Waals surface area contributed by atoms with Gasteiger partial charge in [-0.25, -0.2) is 0 Å². The van der Waals surface area contributed by atoms with E-state index in [9.17, 15) is 0 Å². The van der Waals surface area contributed by atoms with E-state index in [1.807, 2.05) is 6.07 Å². The van der Waals surface area contributed by atoms with E-state index < -0.39 is 0 Å². The summed E-state index contributed by atoms with van der Waals surface area (Å²) < 4.78 is 11.0. The number of hydrogen-bond donors (Lipinski definition) is 1. The minimum absolute atomic E-state index is 0.239. The molecular weight excluding hydrogens is 334 g/mol. The molecule has 0 amide bonds. The van der Waals surface area contributed by atoms with Crippen molar-refractivity contribution in [2.75, 3.05) is 19.5 Å². The second kappa shape index (κ2) is 6.34. The fraction of sp³-hybridized carbons (Fsp3) is 0.250. The van der Waals surface area contributed by atoms with Gasteiger partial charge in [-0.2, -0.15) is 0 Å². The van der Waals surface area contributed by atoms with E-state index in [0.29, 0.717) is 11.8 Å². The topological polar surface area (TPSA) is 30.5 Å². The van der Waals surface area contributed by atoms with Gasteiger partial charge >= 0.3 is 0 Å². The Bertz CT molecular complexity index is 1040. The van der Waals surface area contributed by atoms with Crippen LogP contribution >= 0.6 is 0 Å². The van der Waals surface area contributed by atoms with E-state index in [2.05, 4.69) is 66.0 Å². The molecule has 1 heterocycles. The number of benzene rings is 3. The number of ether oxygens (including phenoxy) is 2. The van der Waals surface area contributed by atoms with Gasteiger partial charge in [-0.1, -0.05) is 54.6 Å². The van der Waals surface area contributed by atoms with Crippen molar-refractivity contribution in [3.05, 3.63) is 77.9 Å². The summed E-state index contributed by atoms with van der Waals surface area (Å²) in [4.78, 5) is 0. The Morgan fingerprint density at radius 1 is 0.926 bits per heavy atom. The molecule has 0 unspecified atom stereocenters. The predicted molar refractivity (Wildman–Crippen MR) is 110 cm³/mol. The molecule has 0 bridgehead atoms. The molecule has 0 saturated carbocycles. The Morgan fingerprint density at radius 3 is 2.63 bits per heavy atom. The Kier molecular flexibility index (Phi) is 3.82. The highest BCUT2D eigenvalue weighted by Gasteiger charge is 2.38. The van der Waals surface area contributed by atoms with Crippen LogP contribution in [0.2, 0.25) is 0 Å². The highest BCUT2D eigenvalue weighted by molar-refractivity contribution is 5.96. The lowest BCUT2D eigenvalue weighted by Gasteiger charge is -2.38. The largest absolute Gasteiger partial charge is 0.493 e. The average Bonchev–Trinajstić information content (AvgIpc) is 3.22. The van der Waals surface area contributed by atoms with Crippen LogP contribution in [-0.2, 0) is 0 Å². The molecule has 5 rings (SSSR count). The first-order valence-electron chi connectivity index (χ1n) is 9.47. The van der Waals surface area contributed by atoms with E-state index in [0.717, 1.165) is 17.9 Å². The van der Waals surface area contributed by atoms with Crippen molar-refractivity contribution in [3.8, 4) is 11.5 Å². The first-order chi connectivity index (χ1) is 13.3. The molecule has 0 aromatic heterocycles. The molecule has 2 aliphatic rings. The maximum Gasteiger partial charge on any atom is 0.161 e. The van der Waals surface area contributed by atoms with Crippen LogP contribution in [0.4, 0.5) is 5.69 Å². The minimum Gasteiger partial charge on any atom is -0.493 e. The SMILES string of the molecule is COc1ccc([C@@H]2Nc3c(ccc4ccccc34)[C@H]3C=CC[C@H]32)cc1OC. The summed E-state index contributed by atoms with van der Waals surface area (Å²) in [6, 6.07) is 19.7. The highest BCUT2D eigenvalue weighted by Crippen LogP contribution is 2.52. The Hall–Kier alpha value is -2.94. The van der Waals surface area contributed by atoms with Crippen molar-refractivity contribution in [2.45, 2.75) is 18.4 Å². The van der Waals surface area contributed by atoms with Crippen LogP contribution in [0.5, 0.6) is 11.5 Å². The smallest absolute Gasteiger partial charge is 0.161 e. The third-order valence-corrected chi connectivity index (χ3v) is 6.03. The molecular formula is C24H23NO2. The molecule has 1 aliphatic heterocycles. The average molecular weight is 357 g/mol. The Labute approximate surface area is 159 Å². The zero-order chi connectivity index (χ0) is 18.4. The van der Waals surface area contributed by atoms with Crippen molar-refractivity contribution in [2.24, 2.45) is 5.92 Å². The molecule has 27 heavy (non-hydrogen) atoms. The van der Waals surface area contributed by atoms with E-state index in [1.54, 1.807) is 14.2 Å². The molecule has 1 N–H and O–H groups in total. The summed E-state index contributed by atoms with van der Waals surface area (Å²) in [5, 5.41) is 6.44. The zero-order valence-corrected chi connectivity index (χ0v) is 15.6. The van der Waals surface area contributed by atoms with Gasteiger partial charge < -0.3 is 14.8 Å². The lowest BCUT2D eigenvalue weighted by atomic mass is 9.76. The molecule has 0 saturated heterocycles. The standard InChI is InChI=1S/C24H23NO2/c1-26-21-13-11-16(14-22(21)27-2)23-19-9-5-8-18(19)20-12-10-15-6-3-4-7-17(15)24(20)25-23/h3-8,10-14,18-19,23,25H,9H2,1-2H3/t18-,19+,23-/m0/s1.